The Kier molecular flexibility index (Phi) is 7.71. The molecule has 0 saturated heterocycles. The topological polar surface area (TPSA) is 66.4 Å². The second kappa shape index (κ2) is 8.49. The van der Waals surface area contributed by atoms with Gasteiger partial charge in [0.15, 0.2) is 0 Å². The number of hydrogen-bond acceptors (Lipinski definition) is 4. The monoisotopic (exact) mass is 387 g/mol. The van der Waals surface area contributed by atoms with Gasteiger partial charge in [-0.1, -0.05) is 17.7 Å². The van der Waals surface area contributed by atoms with Crippen molar-refractivity contribution < 1.29 is 13.5 Å². The first-order valence-electron chi connectivity index (χ1n) is 5.61. The van der Waals surface area contributed by atoms with Gasteiger partial charge in [0.1, 0.15) is 4.90 Å². The van der Waals surface area contributed by atoms with Crippen LogP contribution in [0.4, 0.5) is 0 Å². The average Bonchev–Trinajstić information content (AvgIpc) is 2.33. The highest BCUT2D eigenvalue weighted by Gasteiger charge is 2.20. The van der Waals surface area contributed by atoms with Gasteiger partial charge in [-0.15, -0.1) is 0 Å². The highest BCUT2D eigenvalue weighted by atomic mass is 79.9. The highest BCUT2D eigenvalue weighted by Crippen LogP contribution is 2.28. The molecule has 1 aromatic rings. The Balaban J connectivity index is 2.57. The number of halogens is 2. The molecule has 0 aliphatic heterocycles. The Morgan fingerprint density at radius 2 is 2.11 bits per heavy atom. The molecule has 0 heterocycles. The van der Waals surface area contributed by atoms with Crippen LogP contribution in [-0.4, -0.2) is 38.2 Å². The molecule has 0 fully saturated rings. The van der Waals surface area contributed by atoms with Crippen molar-refractivity contribution in [2.75, 3.05) is 24.7 Å². The first-order chi connectivity index (χ1) is 8.99. The quantitative estimate of drug-likeness (QED) is 0.672. The second-order valence-corrected chi connectivity index (χ2v) is 7.83. The van der Waals surface area contributed by atoms with E-state index in [0.29, 0.717) is 23.2 Å². The molecule has 0 saturated carbocycles. The zero-order valence-corrected chi connectivity index (χ0v) is 14.1. The standard InChI is InChI=1S/C11H15BrClNO3S2/c12-9-3-1-4-10(13)11(9)19(16,17)14-5-8-18-7-2-6-15/h1,3-4,14-15H,2,5-8H2. The van der Waals surface area contributed by atoms with Gasteiger partial charge in [-0.3, -0.25) is 0 Å². The van der Waals surface area contributed by atoms with Gasteiger partial charge in [0.2, 0.25) is 10.0 Å². The minimum absolute atomic E-state index is 0.0667. The summed E-state index contributed by atoms with van der Waals surface area (Å²) in [5.74, 6) is 1.47. The Hall–Kier alpha value is 0.210. The largest absolute Gasteiger partial charge is 0.396 e. The molecule has 0 aliphatic rings. The van der Waals surface area contributed by atoms with Crippen LogP contribution in [0.5, 0.6) is 0 Å². The van der Waals surface area contributed by atoms with Crippen LogP contribution in [0, 0.1) is 0 Å². The fourth-order valence-corrected chi connectivity index (χ4v) is 5.00. The number of benzene rings is 1. The number of nitrogens with one attached hydrogen (secondary N) is 1. The maximum absolute atomic E-state index is 12.1. The molecule has 0 spiro atoms. The first kappa shape index (κ1) is 17.3. The SMILES string of the molecule is O=S(=O)(NCCSCCCO)c1c(Cl)cccc1Br. The van der Waals surface area contributed by atoms with E-state index in [1.807, 2.05) is 0 Å². The van der Waals surface area contributed by atoms with Crippen molar-refractivity contribution in [2.45, 2.75) is 11.3 Å². The van der Waals surface area contributed by atoms with Gasteiger partial charge < -0.3 is 5.11 Å². The van der Waals surface area contributed by atoms with Crippen LogP contribution in [0.15, 0.2) is 27.6 Å². The molecule has 0 aromatic heterocycles. The van der Waals surface area contributed by atoms with Gasteiger partial charge in [-0.25, -0.2) is 13.1 Å². The molecule has 19 heavy (non-hydrogen) atoms. The molecule has 8 heteroatoms. The third-order valence-corrected chi connectivity index (χ3v) is 6.15. The highest BCUT2D eigenvalue weighted by molar-refractivity contribution is 9.10. The predicted octanol–water partition coefficient (Wildman–Crippen LogP) is 2.50. The van der Waals surface area contributed by atoms with Crippen molar-refractivity contribution in [3.05, 3.63) is 27.7 Å². The van der Waals surface area contributed by atoms with Gasteiger partial charge >= 0.3 is 0 Å². The molecule has 0 radical (unpaired) electrons. The molecule has 0 atom stereocenters. The molecule has 1 rings (SSSR count). The maximum Gasteiger partial charge on any atom is 0.243 e. The van der Waals surface area contributed by atoms with Gasteiger partial charge in [0.05, 0.1) is 5.02 Å². The summed E-state index contributed by atoms with van der Waals surface area (Å²) < 4.78 is 27.1. The molecule has 0 unspecified atom stereocenters. The number of rotatable bonds is 8. The van der Waals surface area contributed by atoms with Crippen LogP contribution >= 0.6 is 39.3 Å². The van der Waals surface area contributed by atoms with Crippen LogP contribution < -0.4 is 4.72 Å². The van der Waals surface area contributed by atoms with E-state index in [-0.39, 0.29) is 16.5 Å². The third kappa shape index (κ3) is 5.61. The van der Waals surface area contributed by atoms with Crippen molar-refractivity contribution in [3.63, 3.8) is 0 Å². The van der Waals surface area contributed by atoms with Crippen molar-refractivity contribution >= 4 is 49.3 Å². The minimum atomic E-state index is -3.61. The van der Waals surface area contributed by atoms with E-state index < -0.39 is 10.0 Å². The third-order valence-electron chi connectivity index (χ3n) is 2.17. The van der Waals surface area contributed by atoms with Crippen LogP contribution in [0.1, 0.15) is 6.42 Å². The van der Waals surface area contributed by atoms with Crippen molar-refractivity contribution in [2.24, 2.45) is 0 Å². The number of aliphatic hydroxyl groups is 1. The fraction of sp³-hybridized carbons (Fsp3) is 0.455. The summed E-state index contributed by atoms with van der Waals surface area (Å²) in [7, 11) is -3.61. The summed E-state index contributed by atoms with van der Waals surface area (Å²) >= 11 is 10.7. The molecule has 0 amide bonds. The zero-order valence-electron chi connectivity index (χ0n) is 10.1. The van der Waals surface area contributed by atoms with E-state index in [1.165, 1.54) is 6.07 Å². The maximum atomic E-state index is 12.1. The molecule has 1 aromatic carbocycles. The van der Waals surface area contributed by atoms with Gasteiger partial charge in [-0.05, 0) is 40.2 Å². The van der Waals surface area contributed by atoms with Gasteiger partial charge in [0, 0.05) is 23.4 Å². The average molecular weight is 389 g/mol. The Morgan fingerprint density at radius 1 is 1.37 bits per heavy atom. The summed E-state index contributed by atoms with van der Waals surface area (Å²) in [5.41, 5.74) is 0. The lowest BCUT2D eigenvalue weighted by Crippen LogP contribution is -2.26. The molecule has 0 bridgehead atoms. The minimum Gasteiger partial charge on any atom is -0.396 e. The summed E-state index contributed by atoms with van der Waals surface area (Å²) in [5, 5.41) is 8.81. The Morgan fingerprint density at radius 3 is 2.74 bits per heavy atom. The van der Waals surface area contributed by atoms with E-state index in [1.54, 1.807) is 23.9 Å². The van der Waals surface area contributed by atoms with Crippen molar-refractivity contribution in [1.82, 2.24) is 4.72 Å². The smallest absolute Gasteiger partial charge is 0.243 e. The first-order valence-corrected chi connectivity index (χ1v) is 9.42. The Bertz CT molecular complexity index is 490. The van der Waals surface area contributed by atoms with E-state index in [0.717, 1.165) is 5.75 Å². The normalized spacial score (nSPS) is 11.7. The van der Waals surface area contributed by atoms with E-state index >= 15 is 0 Å². The lowest BCUT2D eigenvalue weighted by Gasteiger charge is -2.09. The summed E-state index contributed by atoms with van der Waals surface area (Å²) in [6.45, 7) is 0.487. The molecular weight excluding hydrogens is 374 g/mol. The summed E-state index contributed by atoms with van der Waals surface area (Å²) in [4.78, 5) is 0.0667. The second-order valence-electron chi connectivity index (χ2n) is 3.64. The van der Waals surface area contributed by atoms with E-state index in [4.69, 9.17) is 16.7 Å². The number of aliphatic hydroxyl groups excluding tert-OH is 1. The van der Waals surface area contributed by atoms with E-state index in [9.17, 15) is 8.42 Å². The predicted molar refractivity (Wildman–Crippen MR) is 83.4 cm³/mol. The van der Waals surface area contributed by atoms with Crippen LogP contribution in [0.25, 0.3) is 0 Å². The van der Waals surface area contributed by atoms with Crippen LogP contribution in [-0.2, 0) is 10.0 Å². The Labute approximate surface area is 131 Å². The number of sulfonamides is 1. The van der Waals surface area contributed by atoms with Crippen LogP contribution in [0.3, 0.4) is 0 Å². The number of hydrogen-bond donors (Lipinski definition) is 2. The molecular formula is C11H15BrClNO3S2. The van der Waals surface area contributed by atoms with E-state index in [2.05, 4.69) is 20.7 Å². The zero-order chi connectivity index (χ0) is 14.3. The summed E-state index contributed by atoms with van der Waals surface area (Å²) in [6, 6.07) is 4.85. The molecule has 0 aliphatic carbocycles. The molecule has 4 nitrogen and oxygen atoms in total. The molecule has 2 N–H and O–H groups in total. The van der Waals surface area contributed by atoms with Crippen molar-refractivity contribution in [3.8, 4) is 0 Å². The summed E-state index contributed by atoms with van der Waals surface area (Å²) in [6.07, 6.45) is 0.716. The van der Waals surface area contributed by atoms with Crippen molar-refractivity contribution in [1.29, 1.82) is 0 Å². The van der Waals surface area contributed by atoms with Gasteiger partial charge in [0.25, 0.3) is 0 Å². The lowest BCUT2D eigenvalue weighted by atomic mass is 10.4. The number of thioether (sulfide) groups is 1. The fourth-order valence-electron chi connectivity index (χ4n) is 1.33. The van der Waals surface area contributed by atoms with Gasteiger partial charge in [-0.2, -0.15) is 11.8 Å². The molecule has 108 valence electrons. The lowest BCUT2D eigenvalue weighted by molar-refractivity contribution is 0.296. The van der Waals surface area contributed by atoms with Crippen LogP contribution in [0.2, 0.25) is 5.02 Å².